The number of halogens is 2. The third kappa shape index (κ3) is 5.10. The van der Waals surface area contributed by atoms with Gasteiger partial charge in [0.1, 0.15) is 11.6 Å². The van der Waals surface area contributed by atoms with Crippen LogP contribution in [0.25, 0.3) is 0 Å². The summed E-state index contributed by atoms with van der Waals surface area (Å²) in [6, 6.07) is 3.73. The molecule has 1 rings (SSSR count). The van der Waals surface area contributed by atoms with Gasteiger partial charge < -0.3 is 10.1 Å². The first-order chi connectivity index (χ1) is 8.52. The van der Waals surface area contributed by atoms with Crippen LogP contribution >= 0.6 is 0 Å². The number of rotatable bonds is 7. The van der Waals surface area contributed by atoms with Crippen molar-refractivity contribution in [1.82, 2.24) is 5.32 Å². The number of benzene rings is 1. The molecular formula is C14H21F2NO. The largest absolute Gasteiger partial charge is 0.377 e. The lowest BCUT2D eigenvalue weighted by molar-refractivity contribution is 0.0614. The maximum atomic E-state index is 13.5. The fourth-order valence-corrected chi connectivity index (χ4v) is 1.74. The van der Waals surface area contributed by atoms with E-state index in [4.69, 9.17) is 4.74 Å². The molecule has 4 heteroatoms. The smallest absolute Gasteiger partial charge is 0.129 e. The summed E-state index contributed by atoms with van der Waals surface area (Å²) in [6.45, 7) is 7.21. The summed E-state index contributed by atoms with van der Waals surface area (Å²) in [5.41, 5.74) is 0.509. The van der Waals surface area contributed by atoms with Crippen molar-refractivity contribution < 1.29 is 13.5 Å². The Bertz CT molecular complexity index is 369. The van der Waals surface area contributed by atoms with Gasteiger partial charge in [0.15, 0.2) is 0 Å². The van der Waals surface area contributed by atoms with Crippen LogP contribution in [0.15, 0.2) is 18.2 Å². The van der Waals surface area contributed by atoms with Crippen molar-refractivity contribution in [3.63, 3.8) is 0 Å². The van der Waals surface area contributed by atoms with Gasteiger partial charge in [0.2, 0.25) is 0 Å². The molecule has 0 aromatic heterocycles. The van der Waals surface area contributed by atoms with Crippen molar-refractivity contribution in [1.29, 1.82) is 0 Å². The minimum Gasteiger partial charge on any atom is -0.377 e. The predicted octanol–water partition coefficient (Wildman–Crippen LogP) is 2.91. The Morgan fingerprint density at radius 2 is 2.00 bits per heavy atom. The number of nitrogens with one attached hydrogen (secondary N) is 1. The zero-order valence-corrected chi connectivity index (χ0v) is 11.2. The molecule has 0 saturated heterocycles. The van der Waals surface area contributed by atoms with E-state index in [2.05, 4.69) is 5.32 Å². The molecular weight excluding hydrogens is 236 g/mol. The lowest BCUT2D eigenvalue weighted by atomic mass is 10.1. The molecule has 2 nitrogen and oxygen atoms in total. The maximum Gasteiger partial charge on any atom is 0.129 e. The normalized spacial score (nSPS) is 13.0. The highest BCUT2D eigenvalue weighted by Gasteiger charge is 2.13. The standard InChI is InChI=1S/C14H21F2NO/c1-4-17-13(9-18-10(2)3)7-11-5-6-12(15)8-14(11)16/h5-6,8,10,13,17H,4,7,9H2,1-3H3. The van der Waals surface area contributed by atoms with E-state index in [-0.39, 0.29) is 12.1 Å². The van der Waals surface area contributed by atoms with Gasteiger partial charge in [0.05, 0.1) is 12.7 Å². The maximum absolute atomic E-state index is 13.5. The molecule has 0 fully saturated rings. The van der Waals surface area contributed by atoms with Gasteiger partial charge in [0.25, 0.3) is 0 Å². The summed E-state index contributed by atoms with van der Waals surface area (Å²) >= 11 is 0. The fraction of sp³-hybridized carbons (Fsp3) is 0.571. The third-order valence-electron chi connectivity index (χ3n) is 2.60. The highest BCUT2D eigenvalue weighted by atomic mass is 19.1. The van der Waals surface area contributed by atoms with Gasteiger partial charge in [0, 0.05) is 12.1 Å². The van der Waals surface area contributed by atoms with Crippen LogP contribution in [0.1, 0.15) is 26.3 Å². The van der Waals surface area contributed by atoms with Gasteiger partial charge in [-0.25, -0.2) is 8.78 Å². The van der Waals surface area contributed by atoms with Crippen LogP contribution in [0.4, 0.5) is 8.78 Å². The Morgan fingerprint density at radius 3 is 2.56 bits per heavy atom. The summed E-state index contributed by atoms with van der Waals surface area (Å²) in [5, 5.41) is 3.24. The van der Waals surface area contributed by atoms with Crippen molar-refractivity contribution in [2.24, 2.45) is 0 Å². The molecule has 1 atom stereocenters. The molecule has 1 unspecified atom stereocenters. The summed E-state index contributed by atoms with van der Waals surface area (Å²) in [5.74, 6) is -1.04. The zero-order valence-electron chi connectivity index (χ0n) is 11.2. The van der Waals surface area contributed by atoms with Gasteiger partial charge >= 0.3 is 0 Å². The van der Waals surface area contributed by atoms with Crippen LogP contribution in [-0.4, -0.2) is 25.3 Å². The fourth-order valence-electron chi connectivity index (χ4n) is 1.74. The number of likely N-dealkylation sites (N-methyl/N-ethyl adjacent to an activating group) is 1. The average Bonchev–Trinajstić information content (AvgIpc) is 2.29. The second-order valence-corrected chi connectivity index (χ2v) is 4.58. The Labute approximate surface area is 107 Å². The lowest BCUT2D eigenvalue weighted by Gasteiger charge is -2.19. The molecule has 0 spiro atoms. The SMILES string of the molecule is CCNC(COC(C)C)Cc1ccc(F)cc1F. The minimum atomic E-state index is -0.547. The van der Waals surface area contributed by atoms with Gasteiger partial charge in [-0.15, -0.1) is 0 Å². The summed E-state index contributed by atoms with van der Waals surface area (Å²) in [6.07, 6.45) is 0.636. The molecule has 0 heterocycles. The zero-order chi connectivity index (χ0) is 13.5. The van der Waals surface area contributed by atoms with E-state index >= 15 is 0 Å². The molecule has 0 bridgehead atoms. The van der Waals surface area contributed by atoms with Crippen molar-refractivity contribution in [2.75, 3.05) is 13.2 Å². The van der Waals surface area contributed by atoms with Gasteiger partial charge in [-0.3, -0.25) is 0 Å². The van der Waals surface area contributed by atoms with E-state index in [1.54, 1.807) is 0 Å². The first-order valence-corrected chi connectivity index (χ1v) is 6.31. The second kappa shape index (κ2) is 7.44. The molecule has 0 aliphatic heterocycles. The molecule has 0 aliphatic carbocycles. The first-order valence-electron chi connectivity index (χ1n) is 6.31. The van der Waals surface area contributed by atoms with E-state index < -0.39 is 11.6 Å². The lowest BCUT2D eigenvalue weighted by Crippen LogP contribution is -2.36. The second-order valence-electron chi connectivity index (χ2n) is 4.58. The van der Waals surface area contributed by atoms with Crippen LogP contribution in [0.3, 0.4) is 0 Å². The van der Waals surface area contributed by atoms with E-state index in [0.717, 1.165) is 12.6 Å². The van der Waals surface area contributed by atoms with E-state index in [1.807, 2.05) is 20.8 Å². The van der Waals surface area contributed by atoms with E-state index in [9.17, 15) is 8.78 Å². The molecule has 102 valence electrons. The molecule has 1 N–H and O–H groups in total. The highest BCUT2D eigenvalue weighted by molar-refractivity contribution is 5.19. The van der Waals surface area contributed by atoms with Gasteiger partial charge in [-0.1, -0.05) is 13.0 Å². The van der Waals surface area contributed by atoms with Crippen molar-refractivity contribution in [3.8, 4) is 0 Å². The summed E-state index contributed by atoms with van der Waals surface area (Å²) in [7, 11) is 0. The quantitative estimate of drug-likeness (QED) is 0.811. The van der Waals surface area contributed by atoms with Crippen LogP contribution in [0.5, 0.6) is 0 Å². The first kappa shape index (κ1) is 15.1. The van der Waals surface area contributed by atoms with Crippen LogP contribution in [-0.2, 0) is 11.2 Å². The highest BCUT2D eigenvalue weighted by Crippen LogP contribution is 2.12. The Kier molecular flexibility index (Phi) is 6.22. The molecule has 0 aliphatic rings. The van der Waals surface area contributed by atoms with Crippen molar-refractivity contribution in [2.45, 2.75) is 39.3 Å². The molecule has 1 aromatic rings. The Balaban J connectivity index is 2.64. The summed E-state index contributed by atoms with van der Waals surface area (Å²) in [4.78, 5) is 0. The van der Waals surface area contributed by atoms with Crippen LogP contribution in [0.2, 0.25) is 0 Å². The number of ether oxygens (including phenoxy) is 1. The third-order valence-corrected chi connectivity index (χ3v) is 2.60. The van der Waals surface area contributed by atoms with Crippen molar-refractivity contribution in [3.05, 3.63) is 35.4 Å². The molecule has 0 radical (unpaired) electrons. The monoisotopic (exact) mass is 257 g/mol. The number of hydrogen-bond acceptors (Lipinski definition) is 2. The van der Waals surface area contributed by atoms with E-state index in [0.29, 0.717) is 18.6 Å². The Morgan fingerprint density at radius 1 is 1.28 bits per heavy atom. The topological polar surface area (TPSA) is 21.3 Å². The predicted molar refractivity (Wildman–Crippen MR) is 68.6 cm³/mol. The molecule has 0 amide bonds. The molecule has 0 saturated carbocycles. The molecule has 18 heavy (non-hydrogen) atoms. The van der Waals surface area contributed by atoms with Crippen LogP contribution in [0, 0.1) is 11.6 Å². The van der Waals surface area contributed by atoms with Gasteiger partial charge in [-0.05, 0) is 38.4 Å². The van der Waals surface area contributed by atoms with Gasteiger partial charge in [-0.2, -0.15) is 0 Å². The van der Waals surface area contributed by atoms with Crippen molar-refractivity contribution >= 4 is 0 Å². The molecule has 1 aromatic carbocycles. The minimum absolute atomic E-state index is 0.0392. The Hall–Kier alpha value is -1.00. The van der Waals surface area contributed by atoms with Crippen LogP contribution < -0.4 is 5.32 Å². The average molecular weight is 257 g/mol. The summed E-state index contributed by atoms with van der Waals surface area (Å²) < 4.78 is 31.9. The number of hydrogen-bond donors (Lipinski definition) is 1. The van der Waals surface area contributed by atoms with E-state index in [1.165, 1.54) is 12.1 Å².